The van der Waals surface area contributed by atoms with Crippen LogP contribution in [0.3, 0.4) is 0 Å². The van der Waals surface area contributed by atoms with Gasteiger partial charge in [-0.15, -0.1) is 0 Å². The summed E-state index contributed by atoms with van der Waals surface area (Å²) in [6.07, 6.45) is 2.42. The van der Waals surface area contributed by atoms with Gasteiger partial charge in [-0.05, 0) is 29.5 Å². The number of carbonyl (C=O) groups is 2. The maximum absolute atomic E-state index is 13.4. The molecule has 2 amide bonds. The lowest BCUT2D eigenvalue weighted by atomic mass is 10.0. The molecule has 32 heavy (non-hydrogen) atoms. The van der Waals surface area contributed by atoms with E-state index in [2.05, 4.69) is 17.4 Å². The summed E-state index contributed by atoms with van der Waals surface area (Å²) in [6.45, 7) is 2.95. The summed E-state index contributed by atoms with van der Waals surface area (Å²) in [4.78, 5) is 28.3. The van der Waals surface area contributed by atoms with Crippen LogP contribution < -0.4 is 5.32 Å². The van der Waals surface area contributed by atoms with E-state index in [1.165, 1.54) is 5.56 Å². The minimum absolute atomic E-state index is 0.00972. The van der Waals surface area contributed by atoms with E-state index in [1.54, 1.807) is 4.90 Å². The van der Waals surface area contributed by atoms with Gasteiger partial charge in [0.1, 0.15) is 6.04 Å². The average molecular weight is 429 g/mol. The molecular weight excluding hydrogens is 396 g/mol. The highest BCUT2D eigenvalue weighted by molar-refractivity contribution is 5.88. The van der Waals surface area contributed by atoms with Crippen molar-refractivity contribution in [2.24, 2.45) is 0 Å². The Balaban J connectivity index is 1.80. The Morgan fingerprint density at radius 3 is 1.88 bits per heavy atom. The van der Waals surface area contributed by atoms with Crippen LogP contribution in [0.25, 0.3) is 0 Å². The Morgan fingerprint density at radius 1 is 0.781 bits per heavy atom. The standard InChI is InChI=1S/C28H32N2O2/c1-2-12-27(31)30(22-25-17-10-5-11-18-25)26(21-24-15-8-4-9-16-24)28(32)29-20-19-23-13-6-3-7-14-23/h3-11,13-18,26H,2,12,19-22H2,1H3,(H,29,32). The summed E-state index contributed by atoms with van der Waals surface area (Å²) in [7, 11) is 0. The Bertz CT molecular complexity index is 958. The van der Waals surface area contributed by atoms with Crippen molar-refractivity contribution < 1.29 is 9.59 Å². The van der Waals surface area contributed by atoms with E-state index >= 15 is 0 Å². The maximum atomic E-state index is 13.4. The van der Waals surface area contributed by atoms with E-state index < -0.39 is 6.04 Å². The van der Waals surface area contributed by atoms with Crippen molar-refractivity contribution >= 4 is 11.8 Å². The Hall–Kier alpha value is -3.40. The number of rotatable bonds is 11. The summed E-state index contributed by atoms with van der Waals surface area (Å²) < 4.78 is 0. The first-order valence-electron chi connectivity index (χ1n) is 11.4. The van der Waals surface area contributed by atoms with E-state index in [1.807, 2.05) is 85.8 Å². The van der Waals surface area contributed by atoms with Crippen molar-refractivity contribution in [3.63, 3.8) is 0 Å². The van der Waals surface area contributed by atoms with E-state index in [-0.39, 0.29) is 11.8 Å². The first-order chi connectivity index (χ1) is 15.7. The normalized spacial score (nSPS) is 11.5. The highest BCUT2D eigenvalue weighted by atomic mass is 16.2. The van der Waals surface area contributed by atoms with E-state index in [0.717, 1.165) is 24.0 Å². The molecule has 1 atom stereocenters. The third-order valence-electron chi connectivity index (χ3n) is 5.49. The molecule has 0 aliphatic carbocycles. The first kappa shape index (κ1) is 23.3. The molecule has 0 heterocycles. The van der Waals surface area contributed by atoms with Crippen LogP contribution in [0.15, 0.2) is 91.0 Å². The molecule has 3 aromatic rings. The zero-order valence-electron chi connectivity index (χ0n) is 18.7. The quantitative estimate of drug-likeness (QED) is 0.478. The van der Waals surface area contributed by atoms with Crippen molar-refractivity contribution in [1.29, 1.82) is 0 Å². The minimum Gasteiger partial charge on any atom is -0.354 e. The molecule has 166 valence electrons. The minimum atomic E-state index is -0.563. The van der Waals surface area contributed by atoms with Gasteiger partial charge in [0.25, 0.3) is 0 Å². The van der Waals surface area contributed by atoms with Crippen LogP contribution in [-0.4, -0.2) is 29.3 Å². The van der Waals surface area contributed by atoms with Gasteiger partial charge in [-0.25, -0.2) is 0 Å². The average Bonchev–Trinajstić information content (AvgIpc) is 2.83. The highest BCUT2D eigenvalue weighted by Gasteiger charge is 2.29. The van der Waals surface area contributed by atoms with Gasteiger partial charge in [0, 0.05) is 25.9 Å². The largest absolute Gasteiger partial charge is 0.354 e. The Morgan fingerprint density at radius 2 is 1.31 bits per heavy atom. The number of nitrogens with zero attached hydrogens (tertiary/aromatic N) is 1. The smallest absolute Gasteiger partial charge is 0.243 e. The van der Waals surface area contributed by atoms with E-state index in [0.29, 0.717) is 25.9 Å². The predicted molar refractivity (Wildman–Crippen MR) is 129 cm³/mol. The van der Waals surface area contributed by atoms with Gasteiger partial charge in [0.15, 0.2) is 0 Å². The van der Waals surface area contributed by atoms with Gasteiger partial charge in [-0.3, -0.25) is 9.59 Å². The van der Waals surface area contributed by atoms with Crippen molar-refractivity contribution in [3.05, 3.63) is 108 Å². The fourth-order valence-corrected chi connectivity index (χ4v) is 3.78. The van der Waals surface area contributed by atoms with Crippen LogP contribution in [0.1, 0.15) is 36.5 Å². The molecule has 0 aliphatic heterocycles. The number of benzene rings is 3. The number of hydrogen-bond donors (Lipinski definition) is 1. The molecule has 3 rings (SSSR count). The fourth-order valence-electron chi connectivity index (χ4n) is 3.78. The molecule has 4 heteroatoms. The third kappa shape index (κ3) is 7.09. The molecule has 4 nitrogen and oxygen atoms in total. The molecule has 1 N–H and O–H groups in total. The van der Waals surface area contributed by atoms with Crippen LogP contribution in [-0.2, 0) is 29.0 Å². The molecule has 0 saturated heterocycles. The highest BCUT2D eigenvalue weighted by Crippen LogP contribution is 2.16. The second kappa shape index (κ2) is 12.5. The molecular formula is C28H32N2O2. The van der Waals surface area contributed by atoms with E-state index in [4.69, 9.17) is 0 Å². The Kier molecular flexibility index (Phi) is 9.05. The third-order valence-corrected chi connectivity index (χ3v) is 5.49. The summed E-state index contributed by atoms with van der Waals surface area (Å²) in [5.41, 5.74) is 3.24. The zero-order chi connectivity index (χ0) is 22.6. The van der Waals surface area contributed by atoms with Crippen LogP contribution in [0.4, 0.5) is 0 Å². The maximum Gasteiger partial charge on any atom is 0.243 e. The van der Waals surface area contributed by atoms with Gasteiger partial charge >= 0.3 is 0 Å². The zero-order valence-corrected chi connectivity index (χ0v) is 18.7. The van der Waals surface area contributed by atoms with Crippen LogP contribution >= 0.6 is 0 Å². The van der Waals surface area contributed by atoms with Crippen LogP contribution in [0.5, 0.6) is 0 Å². The molecule has 3 aromatic carbocycles. The van der Waals surface area contributed by atoms with Crippen LogP contribution in [0.2, 0.25) is 0 Å². The van der Waals surface area contributed by atoms with Crippen LogP contribution in [0, 0.1) is 0 Å². The van der Waals surface area contributed by atoms with Crippen molar-refractivity contribution in [1.82, 2.24) is 10.2 Å². The molecule has 0 aromatic heterocycles. The summed E-state index contributed by atoms with van der Waals surface area (Å²) in [5, 5.41) is 3.08. The van der Waals surface area contributed by atoms with Gasteiger partial charge in [-0.1, -0.05) is 97.9 Å². The fraction of sp³-hybridized carbons (Fsp3) is 0.286. The van der Waals surface area contributed by atoms with Gasteiger partial charge in [0.2, 0.25) is 11.8 Å². The lowest BCUT2D eigenvalue weighted by Crippen LogP contribution is -2.50. The number of hydrogen-bond acceptors (Lipinski definition) is 2. The number of nitrogens with one attached hydrogen (secondary N) is 1. The lowest BCUT2D eigenvalue weighted by molar-refractivity contribution is -0.141. The lowest BCUT2D eigenvalue weighted by Gasteiger charge is -2.31. The second-order valence-corrected chi connectivity index (χ2v) is 7.99. The first-order valence-corrected chi connectivity index (χ1v) is 11.4. The molecule has 0 spiro atoms. The van der Waals surface area contributed by atoms with E-state index in [9.17, 15) is 9.59 Å². The Labute approximate surface area is 191 Å². The molecule has 0 radical (unpaired) electrons. The summed E-state index contributed by atoms with van der Waals surface area (Å²) >= 11 is 0. The SMILES string of the molecule is CCCC(=O)N(Cc1ccccc1)C(Cc1ccccc1)C(=O)NCCc1ccccc1. The summed E-state index contributed by atoms with van der Waals surface area (Å²) in [5.74, 6) is -0.0966. The van der Waals surface area contributed by atoms with Gasteiger partial charge in [0.05, 0.1) is 0 Å². The molecule has 1 unspecified atom stereocenters. The molecule has 0 saturated carbocycles. The predicted octanol–water partition coefficient (Wildman–Crippen LogP) is 4.79. The number of carbonyl (C=O) groups excluding carboxylic acids is 2. The summed E-state index contributed by atoms with van der Waals surface area (Å²) in [6, 6.07) is 29.3. The second-order valence-electron chi connectivity index (χ2n) is 7.99. The molecule has 0 fully saturated rings. The molecule has 0 aliphatic rings. The monoisotopic (exact) mass is 428 g/mol. The molecule has 0 bridgehead atoms. The van der Waals surface area contributed by atoms with Crippen molar-refractivity contribution in [3.8, 4) is 0 Å². The topological polar surface area (TPSA) is 49.4 Å². The van der Waals surface area contributed by atoms with Crippen molar-refractivity contribution in [2.75, 3.05) is 6.54 Å². The van der Waals surface area contributed by atoms with Gasteiger partial charge < -0.3 is 10.2 Å². The van der Waals surface area contributed by atoms with Gasteiger partial charge in [-0.2, -0.15) is 0 Å². The number of amides is 2. The van der Waals surface area contributed by atoms with Crippen molar-refractivity contribution in [2.45, 2.75) is 45.2 Å².